The summed E-state index contributed by atoms with van der Waals surface area (Å²) in [6, 6.07) is 4.93. The van der Waals surface area contributed by atoms with Gasteiger partial charge in [0.1, 0.15) is 5.69 Å². The molecule has 2 aromatic rings. The number of nitrogens with zero attached hydrogens (tertiary/aromatic N) is 3. The van der Waals surface area contributed by atoms with Crippen LogP contribution in [-0.4, -0.2) is 14.7 Å². The number of hydrogen-bond acceptors (Lipinski definition) is 5. The molecule has 0 aliphatic heterocycles. The zero-order valence-corrected chi connectivity index (χ0v) is 12.5. The Bertz CT molecular complexity index is 683. The van der Waals surface area contributed by atoms with Gasteiger partial charge in [0.25, 0.3) is 0 Å². The van der Waals surface area contributed by atoms with Crippen LogP contribution in [0, 0.1) is 17.0 Å². The molecule has 112 valence electrons. The molecule has 0 saturated carbocycles. The molecule has 0 radical (unpaired) electrons. The van der Waals surface area contributed by atoms with Gasteiger partial charge in [0, 0.05) is 12.2 Å². The van der Waals surface area contributed by atoms with Crippen LogP contribution >= 0.6 is 11.6 Å². The second-order valence-corrected chi connectivity index (χ2v) is 5.03. The van der Waals surface area contributed by atoms with Gasteiger partial charge < -0.3 is 11.1 Å². The van der Waals surface area contributed by atoms with E-state index in [-0.39, 0.29) is 5.69 Å². The van der Waals surface area contributed by atoms with Crippen molar-refractivity contribution in [3.05, 3.63) is 39.0 Å². The highest BCUT2D eigenvalue weighted by Gasteiger charge is 2.25. The highest BCUT2D eigenvalue weighted by molar-refractivity contribution is 6.33. The number of halogens is 1. The Kier molecular flexibility index (Phi) is 4.32. The van der Waals surface area contributed by atoms with Crippen molar-refractivity contribution in [1.29, 1.82) is 0 Å². The smallest absolute Gasteiger partial charge is 0.334 e. The van der Waals surface area contributed by atoms with E-state index in [1.54, 1.807) is 29.8 Å². The van der Waals surface area contributed by atoms with E-state index in [2.05, 4.69) is 10.4 Å². The number of nitrogens with one attached hydrogen (secondary N) is 1. The molecule has 7 nitrogen and oxygen atoms in total. The normalized spacial score (nSPS) is 10.6. The first-order valence-corrected chi connectivity index (χ1v) is 6.85. The Morgan fingerprint density at radius 2 is 2.24 bits per heavy atom. The fourth-order valence-corrected chi connectivity index (χ4v) is 2.22. The number of hydrogen-bond donors (Lipinski definition) is 2. The van der Waals surface area contributed by atoms with E-state index in [0.717, 1.165) is 6.42 Å². The quantitative estimate of drug-likeness (QED) is 0.500. The van der Waals surface area contributed by atoms with Gasteiger partial charge in [0.15, 0.2) is 0 Å². The number of benzene rings is 1. The number of nitro groups is 1. The Labute approximate surface area is 126 Å². The van der Waals surface area contributed by atoms with Crippen molar-refractivity contribution in [1.82, 2.24) is 9.78 Å². The third-order valence-corrected chi connectivity index (χ3v) is 3.29. The van der Waals surface area contributed by atoms with Crippen molar-refractivity contribution in [3.63, 3.8) is 0 Å². The molecule has 0 atom stereocenters. The van der Waals surface area contributed by atoms with Gasteiger partial charge >= 0.3 is 5.69 Å². The Balaban J connectivity index is 2.51. The maximum atomic E-state index is 11.3. The zero-order chi connectivity index (χ0) is 15.6. The fourth-order valence-electron chi connectivity index (χ4n) is 2.05. The summed E-state index contributed by atoms with van der Waals surface area (Å²) < 4.78 is 1.58. The highest BCUT2D eigenvalue weighted by atomic mass is 35.5. The van der Waals surface area contributed by atoms with E-state index < -0.39 is 4.92 Å². The first-order valence-electron chi connectivity index (χ1n) is 6.47. The molecule has 8 heteroatoms. The van der Waals surface area contributed by atoms with Crippen LogP contribution in [-0.2, 0) is 6.54 Å². The molecule has 1 heterocycles. The summed E-state index contributed by atoms with van der Waals surface area (Å²) in [5, 5.41) is 18.9. The standard InChI is InChI=1S/C13H16ClN5O2/c1-3-6-18-13(12(19(20)21)8(2)17-18)16-11-7-9(15)4-5-10(11)14/h4-5,7,16H,3,6,15H2,1-2H3. The molecule has 0 aliphatic rings. The summed E-state index contributed by atoms with van der Waals surface area (Å²) >= 11 is 6.10. The number of rotatable bonds is 5. The van der Waals surface area contributed by atoms with Crippen molar-refractivity contribution in [2.45, 2.75) is 26.8 Å². The van der Waals surface area contributed by atoms with Crippen LogP contribution in [0.15, 0.2) is 18.2 Å². The van der Waals surface area contributed by atoms with Gasteiger partial charge in [0.05, 0.1) is 15.6 Å². The topological polar surface area (TPSA) is 99.0 Å². The minimum absolute atomic E-state index is 0.0538. The van der Waals surface area contributed by atoms with Crippen molar-refractivity contribution in [3.8, 4) is 0 Å². The summed E-state index contributed by atoms with van der Waals surface area (Å²) in [5.41, 5.74) is 7.06. The molecule has 1 aromatic heterocycles. The molecule has 2 rings (SSSR count). The van der Waals surface area contributed by atoms with E-state index in [1.807, 2.05) is 6.92 Å². The molecule has 1 aromatic carbocycles. The molecule has 0 saturated heterocycles. The molecule has 0 unspecified atom stereocenters. The summed E-state index contributed by atoms with van der Waals surface area (Å²) in [4.78, 5) is 10.8. The SMILES string of the molecule is CCCn1nc(C)c([N+](=O)[O-])c1Nc1cc(N)ccc1Cl. The lowest BCUT2D eigenvalue weighted by atomic mass is 10.2. The van der Waals surface area contributed by atoms with Gasteiger partial charge in [-0.1, -0.05) is 18.5 Å². The first kappa shape index (κ1) is 15.1. The molecular formula is C13H16ClN5O2. The molecule has 3 N–H and O–H groups in total. The largest absolute Gasteiger partial charge is 0.399 e. The van der Waals surface area contributed by atoms with Crippen molar-refractivity contribution in [2.75, 3.05) is 11.1 Å². The van der Waals surface area contributed by atoms with E-state index in [4.69, 9.17) is 17.3 Å². The molecule has 0 bridgehead atoms. The minimum atomic E-state index is -0.447. The van der Waals surface area contributed by atoms with Crippen LogP contribution in [0.5, 0.6) is 0 Å². The summed E-state index contributed by atoms with van der Waals surface area (Å²) in [7, 11) is 0. The van der Waals surface area contributed by atoms with E-state index in [1.165, 1.54) is 0 Å². The van der Waals surface area contributed by atoms with Crippen molar-refractivity contribution in [2.24, 2.45) is 0 Å². The van der Waals surface area contributed by atoms with Crippen LogP contribution < -0.4 is 11.1 Å². The monoisotopic (exact) mass is 309 g/mol. The van der Waals surface area contributed by atoms with Crippen LogP contribution in [0.1, 0.15) is 19.0 Å². The van der Waals surface area contributed by atoms with Gasteiger partial charge in [-0.3, -0.25) is 10.1 Å². The van der Waals surface area contributed by atoms with Crippen LogP contribution in [0.2, 0.25) is 5.02 Å². The zero-order valence-electron chi connectivity index (χ0n) is 11.8. The lowest BCUT2D eigenvalue weighted by Gasteiger charge is -2.10. The van der Waals surface area contributed by atoms with Gasteiger partial charge in [-0.15, -0.1) is 0 Å². The third-order valence-electron chi connectivity index (χ3n) is 2.96. The molecule has 21 heavy (non-hydrogen) atoms. The van der Waals surface area contributed by atoms with Gasteiger partial charge in [-0.2, -0.15) is 5.10 Å². The van der Waals surface area contributed by atoms with Gasteiger partial charge in [-0.05, 0) is 31.5 Å². The number of nitrogen functional groups attached to an aromatic ring is 1. The van der Waals surface area contributed by atoms with Crippen LogP contribution in [0.4, 0.5) is 22.9 Å². The lowest BCUT2D eigenvalue weighted by molar-refractivity contribution is -0.384. The highest BCUT2D eigenvalue weighted by Crippen LogP contribution is 2.34. The van der Waals surface area contributed by atoms with Gasteiger partial charge in [-0.25, -0.2) is 4.68 Å². The maximum absolute atomic E-state index is 11.3. The Morgan fingerprint density at radius 1 is 1.52 bits per heavy atom. The minimum Gasteiger partial charge on any atom is -0.399 e. The Morgan fingerprint density at radius 3 is 2.86 bits per heavy atom. The first-order chi connectivity index (χ1) is 9.93. The Hall–Kier alpha value is -2.28. The molecule has 0 fully saturated rings. The summed E-state index contributed by atoms with van der Waals surface area (Å²) in [6.07, 6.45) is 0.803. The molecular weight excluding hydrogens is 294 g/mol. The van der Waals surface area contributed by atoms with Crippen LogP contribution in [0.3, 0.4) is 0 Å². The van der Waals surface area contributed by atoms with E-state index in [0.29, 0.717) is 34.5 Å². The van der Waals surface area contributed by atoms with Crippen molar-refractivity contribution >= 4 is 34.5 Å². The number of anilines is 3. The summed E-state index contributed by atoms with van der Waals surface area (Å²) in [6.45, 7) is 4.15. The number of aromatic nitrogens is 2. The average molecular weight is 310 g/mol. The predicted molar refractivity (Wildman–Crippen MR) is 83.1 cm³/mol. The molecule has 0 spiro atoms. The van der Waals surface area contributed by atoms with Gasteiger partial charge in [0.2, 0.25) is 5.82 Å². The molecule has 0 aliphatic carbocycles. The lowest BCUT2D eigenvalue weighted by Crippen LogP contribution is -2.06. The second kappa shape index (κ2) is 6.01. The maximum Gasteiger partial charge on any atom is 0.334 e. The number of nitrogens with two attached hydrogens (primary N) is 1. The molecule has 0 amide bonds. The fraction of sp³-hybridized carbons (Fsp3) is 0.308. The number of aryl methyl sites for hydroxylation is 2. The summed E-state index contributed by atoms with van der Waals surface area (Å²) in [5.74, 6) is 0.312. The predicted octanol–water partition coefficient (Wildman–Crippen LogP) is 3.49. The third kappa shape index (κ3) is 3.08. The second-order valence-electron chi connectivity index (χ2n) is 4.63. The van der Waals surface area contributed by atoms with Crippen LogP contribution in [0.25, 0.3) is 0 Å². The van der Waals surface area contributed by atoms with Crippen molar-refractivity contribution < 1.29 is 4.92 Å². The van der Waals surface area contributed by atoms with E-state index in [9.17, 15) is 10.1 Å². The average Bonchev–Trinajstić information content (AvgIpc) is 2.70. The van der Waals surface area contributed by atoms with E-state index >= 15 is 0 Å².